The molecule has 0 aromatic heterocycles. The number of primary amides is 1. The molecule has 0 aromatic carbocycles. The SMILES string of the molecule is CCCCCCCCCCCCCC(=O)N[C@H](C(N)=O)C(C)C. The Kier molecular flexibility index (Phi) is 13.9. The molecule has 3 N–H and O–H groups in total. The predicted molar refractivity (Wildman–Crippen MR) is 97.0 cm³/mol. The van der Waals surface area contributed by atoms with Crippen LogP contribution in [0.3, 0.4) is 0 Å². The van der Waals surface area contributed by atoms with E-state index >= 15 is 0 Å². The second-order valence-electron chi connectivity index (χ2n) is 6.98. The number of rotatable bonds is 15. The van der Waals surface area contributed by atoms with Crippen molar-refractivity contribution in [1.29, 1.82) is 0 Å². The largest absolute Gasteiger partial charge is 0.368 e. The lowest BCUT2D eigenvalue weighted by Crippen LogP contribution is -2.47. The number of unbranched alkanes of at least 4 members (excludes halogenated alkanes) is 10. The Morgan fingerprint density at radius 1 is 0.826 bits per heavy atom. The van der Waals surface area contributed by atoms with Gasteiger partial charge >= 0.3 is 0 Å². The van der Waals surface area contributed by atoms with E-state index in [1.165, 1.54) is 57.8 Å². The Balaban J connectivity index is 3.47. The number of carbonyl (C=O) groups is 2. The summed E-state index contributed by atoms with van der Waals surface area (Å²) in [6.45, 7) is 6.02. The molecule has 0 heterocycles. The summed E-state index contributed by atoms with van der Waals surface area (Å²) in [6, 6.07) is -0.546. The maximum atomic E-state index is 11.8. The first kappa shape index (κ1) is 21.9. The number of nitrogens with two attached hydrogens (primary N) is 1. The van der Waals surface area contributed by atoms with E-state index in [2.05, 4.69) is 12.2 Å². The summed E-state index contributed by atoms with van der Waals surface area (Å²) in [4.78, 5) is 23.0. The molecule has 0 aliphatic carbocycles. The molecule has 0 aliphatic rings. The first-order chi connectivity index (χ1) is 11.0. The summed E-state index contributed by atoms with van der Waals surface area (Å²) in [7, 11) is 0. The van der Waals surface area contributed by atoms with Crippen LogP contribution in [0, 0.1) is 5.92 Å². The van der Waals surface area contributed by atoms with Gasteiger partial charge in [-0.2, -0.15) is 0 Å². The van der Waals surface area contributed by atoms with Crippen molar-refractivity contribution in [1.82, 2.24) is 5.32 Å². The van der Waals surface area contributed by atoms with Crippen LogP contribution in [0.25, 0.3) is 0 Å². The van der Waals surface area contributed by atoms with Crippen molar-refractivity contribution in [3.63, 3.8) is 0 Å². The Morgan fingerprint density at radius 3 is 1.65 bits per heavy atom. The highest BCUT2D eigenvalue weighted by Gasteiger charge is 2.20. The van der Waals surface area contributed by atoms with Gasteiger partial charge < -0.3 is 11.1 Å². The van der Waals surface area contributed by atoms with Crippen LogP contribution in [0.4, 0.5) is 0 Å². The van der Waals surface area contributed by atoms with Gasteiger partial charge in [-0.15, -0.1) is 0 Å². The van der Waals surface area contributed by atoms with Crippen LogP contribution in [-0.4, -0.2) is 17.9 Å². The Bertz CT molecular complexity index is 316. The molecule has 0 fully saturated rings. The zero-order chi connectivity index (χ0) is 17.5. The van der Waals surface area contributed by atoms with E-state index in [9.17, 15) is 9.59 Å². The van der Waals surface area contributed by atoms with Crippen molar-refractivity contribution in [2.24, 2.45) is 11.7 Å². The van der Waals surface area contributed by atoms with Gasteiger partial charge in [0, 0.05) is 6.42 Å². The fraction of sp³-hybridized carbons (Fsp3) is 0.895. The van der Waals surface area contributed by atoms with E-state index in [1.54, 1.807) is 0 Å². The fourth-order valence-corrected chi connectivity index (χ4v) is 2.76. The minimum atomic E-state index is -0.546. The van der Waals surface area contributed by atoms with Crippen LogP contribution < -0.4 is 11.1 Å². The second kappa shape index (κ2) is 14.5. The number of amides is 2. The normalized spacial score (nSPS) is 12.3. The molecular formula is C19H38N2O2. The van der Waals surface area contributed by atoms with Crippen molar-refractivity contribution in [2.45, 2.75) is 104 Å². The highest BCUT2D eigenvalue weighted by Crippen LogP contribution is 2.12. The lowest BCUT2D eigenvalue weighted by molar-refractivity contribution is -0.128. The lowest BCUT2D eigenvalue weighted by Gasteiger charge is -2.18. The first-order valence-corrected chi connectivity index (χ1v) is 9.57. The minimum absolute atomic E-state index is 0.0359. The van der Waals surface area contributed by atoms with Gasteiger partial charge in [-0.05, 0) is 12.3 Å². The Morgan fingerprint density at radius 2 is 1.26 bits per heavy atom. The lowest BCUT2D eigenvalue weighted by atomic mass is 10.0. The quantitative estimate of drug-likeness (QED) is 0.440. The zero-order valence-electron chi connectivity index (χ0n) is 15.5. The molecule has 0 aliphatic heterocycles. The topological polar surface area (TPSA) is 72.2 Å². The third kappa shape index (κ3) is 13.1. The molecule has 4 nitrogen and oxygen atoms in total. The number of carbonyl (C=O) groups excluding carboxylic acids is 2. The predicted octanol–water partition coefficient (Wildman–Crippen LogP) is 4.31. The van der Waals surface area contributed by atoms with Crippen LogP contribution in [0.2, 0.25) is 0 Å². The molecule has 23 heavy (non-hydrogen) atoms. The number of hydrogen-bond acceptors (Lipinski definition) is 2. The molecule has 1 atom stereocenters. The van der Waals surface area contributed by atoms with E-state index in [0.29, 0.717) is 6.42 Å². The van der Waals surface area contributed by atoms with Gasteiger partial charge in [0.1, 0.15) is 6.04 Å². The van der Waals surface area contributed by atoms with Crippen molar-refractivity contribution in [3.8, 4) is 0 Å². The van der Waals surface area contributed by atoms with Gasteiger partial charge in [0.05, 0.1) is 0 Å². The summed E-state index contributed by atoms with van der Waals surface area (Å²) in [5, 5.41) is 2.74. The van der Waals surface area contributed by atoms with Crippen LogP contribution in [0.15, 0.2) is 0 Å². The van der Waals surface area contributed by atoms with Crippen molar-refractivity contribution in [2.75, 3.05) is 0 Å². The zero-order valence-corrected chi connectivity index (χ0v) is 15.5. The monoisotopic (exact) mass is 326 g/mol. The highest BCUT2D eigenvalue weighted by atomic mass is 16.2. The molecule has 2 amide bonds. The first-order valence-electron chi connectivity index (χ1n) is 9.57. The third-order valence-electron chi connectivity index (χ3n) is 4.30. The van der Waals surface area contributed by atoms with E-state index < -0.39 is 11.9 Å². The average Bonchev–Trinajstić information content (AvgIpc) is 2.49. The van der Waals surface area contributed by atoms with Crippen molar-refractivity contribution < 1.29 is 9.59 Å². The van der Waals surface area contributed by atoms with Gasteiger partial charge in [-0.1, -0.05) is 85.0 Å². The van der Waals surface area contributed by atoms with E-state index in [4.69, 9.17) is 5.73 Å². The summed E-state index contributed by atoms with van der Waals surface area (Å²) in [5.74, 6) is -0.473. The molecule has 0 spiro atoms. The Labute approximate surface area is 143 Å². The molecule has 136 valence electrons. The molecule has 0 radical (unpaired) electrons. The number of nitrogens with one attached hydrogen (secondary N) is 1. The summed E-state index contributed by atoms with van der Waals surface area (Å²) >= 11 is 0. The van der Waals surface area contributed by atoms with Crippen LogP contribution in [0.1, 0.15) is 97.8 Å². The molecular weight excluding hydrogens is 288 g/mol. The fourth-order valence-electron chi connectivity index (χ4n) is 2.76. The molecule has 0 saturated carbocycles. The summed E-state index contributed by atoms with van der Waals surface area (Å²) in [6.07, 6.45) is 14.4. The maximum Gasteiger partial charge on any atom is 0.240 e. The highest BCUT2D eigenvalue weighted by molar-refractivity contribution is 5.86. The molecule has 0 aromatic rings. The van der Waals surface area contributed by atoms with Crippen LogP contribution >= 0.6 is 0 Å². The van der Waals surface area contributed by atoms with Crippen LogP contribution in [-0.2, 0) is 9.59 Å². The molecule has 0 unspecified atom stereocenters. The summed E-state index contributed by atoms with van der Waals surface area (Å²) < 4.78 is 0. The van der Waals surface area contributed by atoms with Crippen molar-refractivity contribution >= 4 is 11.8 Å². The maximum absolute atomic E-state index is 11.8. The molecule has 0 saturated heterocycles. The van der Waals surface area contributed by atoms with E-state index in [-0.39, 0.29) is 11.8 Å². The van der Waals surface area contributed by atoms with Gasteiger partial charge in [0.2, 0.25) is 11.8 Å². The van der Waals surface area contributed by atoms with Crippen LogP contribution in [0.5, 0.6) is 0 Å². The van der Waals surface area contributed by atoms with Crippen molar-refractivity contribution in [3.05, 3.63) is 0 Å². The average molecular weight is 327 g/mol. The van der Waals surface area contributed by atoms with Gasteiger partial charge in [-0.3, -0.25) is 9.59 Å². The van der Waals surface area contributed by atoms with E-state index in [0.717, 1.165) is 12.8 Å². The second-order valence-corrected chi connectivity index (χ2v) is 6.98. The molecule has 0 bridgehead atoms. The van der Waals surface area contributed by atoms with Gasteiger partial charge in [0.25, 0.3) is 0 Å². The smallest absolute Gasteiger partial charge is 0.240 e. The van der Waals surface area contributed by atoms with Gasteiger partial charge in [0.15, 0.2) is 0 Å². The molecule has 4 heteroatoms. The van der Waals surface area contributed by atoms with Gasteiger partial charge in [-0.25, -0.2) is 0 Å². The minimum Gasteiger partial charge on any atom is -0.368 e. The molecule has 0 rings (SSSR count). The third-order valence-corrected chi connectivity index (χ3v) is 4.30. The Hall–Kier alpha value is -1.06. The standard InChI is InChI=1S/C19H38N2O2/c1-4-5-6-7-8-9-10-11-12-13-14-15-17(22)21-18(16(2)3)19(20)23/h16,18H,4-15H2,1-3H3,(H2,20,23)(H,21,22)/t18-/m0/s1. The van der Waals surface area contributed by atoms with E-state index in [1.807, 2.05) is 13.8 Å². The summed E-state index contributed by atoms with van der Waals surface area (Å²) in [5.41, 5.74) is 5.29. The number of hydrogen-bond donors (Lipinski definition) is 2.